The van der Waals surface area contributed by atoms with Gasteiger partial charge < -0.3 is 10.1 Å². The quantitative estimate of drug-likeness (QED) is 0.245. The highest BCUT2D eigenvalue weighted by Crippen LogP contribution is 2.32. The number of nitrogens with zero attached hydrogens (tertiary/aromatic N) is 3. The predicted octanol–water partition coefficient (Wildman–Crippen LogP) is 5.77. The van der Waals surface area contributed by atoms with Crippen LogP contribution in [0, 0.1) is 0 Å². The minimum atomic E-state index is -3.82. The molecule has 0 saturated carbocycles. The summed E-state index contributed by atoms with van der Waals surface area (Å²) in [7, 11) is -2.19. The third-order valence-corrected chi connectivity index (χ3v) is 7.43. The fourth-order valence-electron chi connectivity index (χ4n) is 3.80. The van der Waals surface area contributed by atoms with E-state index in [4.69, 9.17) is 16.3 Å². The van der Waals surface area contributed by atoms with Gasteiger partial charge in [-0.3, -0.25) is 4.72 Å². The number of halogens is 1. The molecular weight excluding hydrogens is 510 g/mol. The van der Waals surface area contributed by atoms with Crippen LogP contribution in [-0.2, 0) is 16.6 Å². The third kappa shape index (κ3) is 5.47. The van der Waals surface area contributed by atoms with Gasteiger partial charge in [0.05, 0.1) is 35.1 Å². The van der Waals surface area contributed by atoms with Crippen molar-refractivity contribution in [2.45, 2.75) is 11.4 Å². The molecule has 0 fully saturated rings. The van der Waals surface area contributed by atoms with Crippen molar-refractivity contribution < 1.29 is 13.2 Å². The van der Waals surface area contributed by atoms with Gasteiger partial charge in [-0.05, 0) is 53.6 Å². The van der Waals surface area contributed by atoms with Gasteiger partial charge in [-0.15, -0.1) is 0 Å². The molecule has 2 aromatic heterocycles. The van der Waals surface area contributed by atoms with Crippen molar-refractivity contribution in [1.29, 1.82) is 0 Å². The monoisotopic (exact) mass is 531 g/mol. The van der Waals surface area contributed by atoms with Gasteiger partial charge in [-0.2, -0.15) is 10.2 Å². The molecular formula is C27H22ClN5O3S. The second kappa shape index (κ2) is 10.4. The number of pyridine rings is 1. The maximum absolute atomic E-state index is 12.8. The average Bonchev–Trinajstić information content (AvgIpc) is 2.93. The van der Waals surface area contributed by atoms with Gasteiger partial charge in [-0.1, -0.05) is 48.0 Å². The van der Waals surface area contributed by atoms with Crippen molar-refractivity contribution in [3.63, 3.8) is 0 Å². The van der Waals surface area contributed by atoms with E-state index in [1.54, 1.807) is 43.8 Å². The molecule has 8 nitrogen and oxygen atoms in total. The summed E-state index contributed by atoms with van der Waals surface area (Å²) >= 11 is 6.24. The second-order valence-corrected chi connectivity index (χ2v) is 10.2. The minimum Gasteiger partial charge on any atom is -0.497 e. The van der Waals surface area contributed by atoms with Crippen molar-refractivity contribution in [1.82, 2.24) is 15.2 Å². The zero-order valence-corrected chi connectivity index (χ0v) is 21.3. The Balaban J connectivity index is 1.44. The first kappa shape index (κ1) is 24.5. The van der Waals surface area contributed by atoms with E-state index in [0.717, 1.165) is 33.5 Å². The Bertz CT molecular complexity index is 1660. The van der Waals surface area contributed by atoms with Gasteiger partial charge in [0.2, 0.25) is 0 Å². The maximum Gasteiger partial charge on any atom is 0.261 e. The molecule has 0 amide bonds. The number of fused-ring (bicyclic) bond motifs is 1. The summed E-state index contributed by atoms with van der Waals surface area (Å²) in [6, 6.07) is 23.3. The Kier molecular flexibility index (Phi) is 6.89. The number of ether oxygens (including phenoxy) is 1. The smallest absolute Gasteiger partial charge is 0.261 e. The van der Waals surface area contributed by atoms with Crippen LogP contribution in [-0.4, -0.2) is 30.7 Å². The molecule has 2 N–H and O–H groups in total. The lowest BCUT2D eigenvalue weighted by Gasteiger charge is -2.12. The van der Waals surface area contributed by atoms with E-state index in [0.29, 0.717) is 12.1 Å². The minimum absolute atomic E-state index is 0.0526. The molecule has 5 aromatic rings. The normalized spacial score (nSPS) is 11.3. The number of sulfonamides is 1. The summed E-state index contributed by atoms with van der Waals surface area (Å²) < 4.78 is 33.4. The number of hydrogen-bond acceptors (Lipinski definition) is 7. The van der Waals surface area contributed by atoms with E-state index in [-0.39, 0.29) is 15.7 Å². The molecule has 0 saturated heterocycles. The highest BCUT2D eigenvalue weighted by atomic mass is 35.5. The Hall–Kier alpha value is -4.21. The lowest BCUT2D eigenvalue weighted by Crippen LogP contribution is -2.13. The first-order valence-corrected chi connectivity index (χ1v) is 13.1. The van der Waals surface area contributed by atoms with Crippen LogP contribution in [0.1, 0.15) is 5.56 Å². The summed E-state index contributed by atoms with van der Waals surface area (Å²) in [4.78, 5) is 4.34. The van der Waals surface area contributed by atoms with Crippen LogP contribution in [0.15, 0.2) is 96.2 Å². The zero-order chi connectivity index (χ0) is 25.8. The zero-order valence-electron chi connectivity index (χ0n) is 19.7. The lowest BCUT2D eigenvalue weighted by molar-refractivity contribution is 0.414. The van der Waals surface area contributed by atoms with Crippen LogP contribution in [0.4, 0.5) is 11.4 Å². The molecule has 0 aliphatic carbocycles. The van der Waals surface area contributed by atoms with Crippen LogP contribution in [0.5, 0.6) is 5.75 Å². The Morgan fingerprint density at radius 1 is 0.892 bits per heavy atom. The van der Waals surface area contributed by atoms with Gasteiger partial charge in [0.1, 0.15) is 5.75 Å². The average molecular weight is 532 g/mol. The first-order chi connectivity index (χ1) is 17.9. The molecule has 0 aliphatic heterocycles. The molecule has 0 spiro atoms. The molecule has 0 aliphatic rings. The second-order valence-electron chi connectivity index (χ2n) is 8.17. The molecule has 3 aromatic carbocycles. The van der Waals surface area contributed by atoms with Crippen LogP contribution in [0.2, 0.25) is 5.15 Å². The number of hydrogen-bond donors (Lipinski definition) is 2. The largest absolute Gasteiger partial charge is 0.497 e. The van der Waals surface area contributed by atoms with Crippen LogP contribution in [0.25, 0.3) is 22.0 Å². The van der Waals surface area contributed by atoms with Crippen molar-refractivity contribution >= 4 is 43.9 Å². The number of rotatable bonds is 8. The fraction of sp³-hybridized carbons (Fsp3) is 0.0741. The van der Waals surface area contributed by atoms with E-state index in [2.05, 4.69) is 25.2 Å². The van der Waals surface area contributed by atoms with Crippen LogP contribution >= 0.6 is 11.6 Å². The van der Waals surface area contributed by atoms with E-state index in [9.17, 15) is 8.42 Å². The first-order valence-electron chi connectivity index (χ1n) is 11.3. The molecule has 0 bridgehead atoms. The molecule has 0 unspecified atom stereocenters. The van der Waals surface area contributed by atoms with E-state index in [1.165, 1.54) is 12.1 Å². The van der Waals surface area contributed by atoms with Crippen molar-refractivity contribution in [2.24, 2.45) is 0 Å². The van der Waals surface area contributed by atoms with E-state index >= 15 is 0 Å². The van der Waals surface area contributed by atoms with Crippen molar-refractivity contribution in [2.75, 3.05) is 17.1 Å². The van der Waals surface area contributed by atoms with E-state index < -0.39 is 10.0 Å². The SMILES string of the molecule is COc1ccc(CNc2cnnc3ccc(-c4cnc(Cl)c(NS(=O)(=O)c5ccccc5)c4)cc23)cc1. The summed E-state index contributed by atoms with van der Waals surface area (Å²) in [5.74, 6) is 0.798. The van der Waals surface area contributed by atoms with Gasteiger partial charge in [0.25, 0.3) is 10.0 Å². The van der Waals surface area contributed by atoms with Gasteiger partial charge >= 0.3 is 0 Å². The lowest BCUT2D eigenvalue weighted by atomic mass is 10.0. The summed E-state index contributed by atoms with van der Waals surface area (Å²) in [6.45, 7) is 0.586. The van der Waals surface area contributed by atoms with Gasteiger partial charge in [0, 0.05) is 23.7 Å². The van der Waals surface area contributed by atoms with Crippen LogP contribution in [0.3, 0.4) is 0 Å². The summed E-state index contributed by atoms with van der Waals surface area (Å²) in [5, 5.41) is 12.7. The fourth-order valence-corrected chi connectivity index (χ4v) is 5.08. The van der Waals surface area contributed by atoms with Crippen molar-refractivity contribution in [3.8, 4) is 16.9 Å². The Morgan fingerprint density at radius 3 is 2.43 bits per heavy atom. The number of nitrogens with one attached hydrogen (secondary N) is 2. The summed E-state index contributed by atoms with van der Waals surface area (Å²) in [5.41, 5.74) is 4.31. The third-order valence-electron chi connectivity index (χ3n) is 5.75. The topological polar surface area (TPSA) is 106 Å². The molecule has 186 valence electrons. The number of aromatic nitrogens is 3. The van der Waals surface area contributed by atoms with Crippen LogP contribution < -0.4 is 14.8 Å². The number of methoxy groups -OCH3 is 1. The maximum atomic E-state index is 12.8. The molecule has 0 radical (unpaired) electrons. The Labute approximate surface area is 219 Å². The molecule has 37 heavy (non-hydrogen) atoms. The van der Waals surface area contributed by atoms with Gasteiger partial charge in [0.15, 0.2) is 5.15 Å². The summed E-state index contributed by atoms with van der Waals surface area (Å²) in [6.07, 6.45) is 3.28. The predicted molar refractivity (Wildman–Crippen MR) is 145 cm³/mol. The molecule has 2 heterocycles. The Morgan fingerprint density at radius 2 is 1.68 bits per heavy atom. The highest BCUT2D eigenvalue weighted by molar-refractivity contribution is 7.92. The van der Waals surface area contributed by atoms with Gasteiger partial charge in [-0.25, -0.2) is 13.4 Å². The number of benzene rings is 3. The molecule has 10 heteroatoms. The van der Waals surface area contributed by atoms with Crippen molar-refractivity contribution in [3.05, 3.63) is 102 Å². The molecule has 5 rings (SSSR count). The molecule has 0 atom stereocenters. The highest BCUT2D eigenvalue weighted by Gasteiger charge is 2.17. The van der Waals surface area contributed by atoms with E-state index in [1.807, 2.05) is 42.5 Å². The standard InChI is InChI=1S/C27H22ClN5O3S/c1-36-21-10-7-18(8-11-21)15-29-26-17-31-32-24-12-9-19(13-23(24)26)20-14-25(27(28)30-16-20)33-37(34,35)22-5-3-2-4-6-22/h2-14,16-17,33H,15H2,1H3,(H,29,32). The number of anilines is 2.